The average Bonchev–Trinajstić information content (AvgIpc) is 2.41. The van der Waals surface area contributed by atoms with E-state index < -0.39 is 5.97 Å². The molecule has 0 aliphatic carbocycles. The van der Waals surface area contributed by atoms with Crippen LogP contribution in [0.4, 0.5) is 10.5 Å². The fourth-order valence-corrected chi connectivity index (χ4v) is 2.10. The lowest BCUT2D eigenvalue weighted by Crippen LogP contribution is -2.42. The number of phenols is 1. The predicted molar refractivity (Wildman–Crippen MR) is 69.1 cm³/mol. The maximum atomic E-state index is 12.0. The highest BCUT2D eigenvalue weighted by Gasteiger charge is 2.27. The van der Waals surface area contributed by atoms with Crippen LogP contribution < -0.4 is 5.32 Å². The number of amides is 2. The number of piperidine rings is 1. The summed E-state index contributed by atoms with van der Waals surface area (Å²) in [6.45, 7) is 0.826. The molecule has 6 nitrogen and oxygen atoms in total. The average molecular weight is 264 g/mol. The Kier molecular flexibility index (Phi) is 3.89. The minimum Gasteiger partial charge on any atom is -0.506 e. The van der Waals surface area contributed by atoms with E-state index in [1.165, 1.54) is 6.07 Å². The standard InChI is InChI=1S/C13H16N2O4/c16-11-4-2-1-3-10(11)14-13(19)15-7-5-9(6-8-15)12(17)18/h1-4,9,16H,5-8H2,(H,14,19)(H,17,18). The minimum atomic E-state index is -0.805. The Balaban J connectivity index is 1.92. The van der Waals surface area contributed by atoms with Gasteiger partial charge in [-0.15, -0.1) is 0 Å². The van der Waals surface area contributed by atoms with E-state index in [2.05, 4.69) is 5.32 Å². The zero-order valence-electron chi connectivity index (χ0n) is 10.4. The molecule has 0 bridgehead atoms. The summed E-state index contributed by atoms with van der Waals surface area (Å²) in [5.41, 5.74) is 0.354. The Labute approximate surface area is 110 Å². The Morgan fingerprint density at radius 3 is 2.42 bits per heavy atom. The van der Waals surface area contributed by atoms with Gasteiger partial charge >= 0.3 is 12.0 Å². The molecule has 1 heterocycles. The number of carbonyl (C=O) groups is 2. The van der Waals surface area contributed by atoms with Crippen molar-refractivity contribution in [2.75, 3.05) is 18.4 Å². The SMILES string of the molecule is O=C(O)C1CCN(C(=O)Nc2ccccc2O)CC1. The van der Waals surface area contributed by atoms with E-state index in [1.807, 2.05) is 0 Å². The largest absolute Gasteiger partial charge is 0.506 e. The number of nitrogens with one attached hydrogen (secondary N) is 1. The summed E-state index contributed by atoms with van der Waals surface area (Å²) in [6, 6.07) is 6.17. The van der Waals surface area contributed by atoms with Gasteiger partial charge in [0.15, 0.2) is 0 Å². The van der Waals surface area contributed by atoms with Gasteiger partial charge in [-0.25, -0.2) is 4.79 Å². The highest BCUT2D eigenvalue weighted by atomic mass is 16.4. The number of likely N-dealkylation sites (tertiary alicyclic amines) is 1. The minimum absolute atomic E-state index is 0.0104. The van der Waals surface area contributed by atoms with Crippen LogP contribution in [0.15, 0.2) is 24.3 Å². The van der Waals surface area contributed by atoms with E-state index >= 15 is 0 Å². The number of aliphatic carboxylic acids is 1. The van der Waals surface area contributed by atoms with Gasteiger partial charge in [-0.05, 0) is 25.0 Å². The Morgan fingerprint density at radius 2 is 1.84 bits per heavy atom. The molecule has 1 fully saturated rings. The van der Waals surface area contributed by atoms with Gasteiger partial charge in [0.05, 0.1) is 11.6 Å². The van der Waals surface area contributed by atoms with Gasteiger partial charge in [0, 0.05) is 13.1 Å². The summed E-state index contributed by atoms with van der Waals surface area (Å²) >= 11 is 0. The molecule has 1 aliphatic heterocycles. The molecular weight excluding hydrogens is 248 g/mol. The van der Waals surface area contributed by atoms with Gasteiger partial charge in [0.1, 0.15) is 5.75 Å². The first-order chi connectivity index (χ1) is 9.08. The van der Waals surface area contributed by atoms with Crippen LogP contribution in [0, 0.1) is 5.92 Å². The number of phenolic OH excluding ortho intramolecular Hbond substituents is 1. The molecule has 102 valence electrons. The van der Waals surface area contributed by atoms with E-state index in [4.69, 9.17) is 5.11 Å². The lowest BCUT2D eigenvalue weighted by atomic mass is 9.97. The van der Waals surface area contributed by atoms with Crippen LogP contribution in [0.5, 0.6) is 5.75 Å². The lowest BCUT2D eigenvalue weighted by molar-refractivity contribution is -0.143. The molecule has 2 amide bonds. The van der Waals surface area contributed by atoms with E-state index in [0.29, 0.717) is 31.6 Å². The maximum Gasteiger partial charge on any atom is 0.321 e. The number of carboxylic acids is 1. The molecule has 3 N–H and O–H groups in total. The Hall–Kier alpha value is -2.24. The van der Waals surface area contributed by atoms with Crippen molar-refractivity contribution < 1.29 is 19.8 Å². The molecule has 0 radical (unpaired) electrons. The number of nitrogens with zero attached hydrogens (tertiary/aromatic N) is 1. The number of urea groups is 1. The van der Waals surface area contributed by atoms with Crippen molar-refractivity contribution in [1.82, 2.24) is 4.90 Å². The van der Waals surface area contributed by atoms with Crippen LogP contribution in [0.25, 0.3) is 0 Å². The summed E-state index contributed by atoms with van der Waals surface area (Å²) < 4.78 is 0. The number of aromatic hydroxyl groups is 1. The summed E-state index contributed by atoms with van der Waals surface area (Å²) in [5, 5.41) is 21.1. The second kappa shape index (κ2) is 5.60. The van der Waals surface area contributed by atoms with Gasteiger partial charge in [0.25, 0.3) is 0 Å². The number of rotatable bonds is 2. The van der Waals surface area contributed by atoms with Gasteiger partial charge in [-0.1, -0.05) is 12.1 Å². The number of para-hydroxylation sites is 2. The van der Waals surface area contributed by atoms with Crippen molar-refractivity contribution in [1.29, 1.82) is 0 Å². The predicted octanol–water partition coefficient (Wildman–Crippen LogP) is 1.72. The Bertz CT molecular complexity index is 481. The first-order valence-corrected chi connectivity index (χ1v) is 6.14. The molecule has 0 aromatic heterocycles. The summed E-state index contributed by atoms with van der Waals surface area (Å²) in [5.74, 6) is -1.16. The molecule has 2 rings (SSSR count). The van der Waals surface area contributed by atoms with Crippen molar-refractivity contribution in [3.63, 3.8) is 0 Å². The van der Waals surface area contributed by atoms with Gasteiger partial charge in [-0.2, -0.15) is 0 Å². The van der Waals surface area contributed by atoms with E-state index in [-0.39, 0.29) is 17.7 Å². The molecule has 0 unspecified atom stereocenters. The number of hydrogen-bond donors (Lipinski definition) is 3. The number of carbonyl (C=O) groups excluding carboxylic acids is 1. The van der Waals surface area contributed by atoms with Crippen molar-refractivity contribution in [3.8, 4) is 5.75 Å². The molecule has 0 saturated carbocycles. The van der Waals surface area contributed by atoms with E-state index in [9.17, 15) is 14.7 Å². The fraction of sp³-hybridized carbons (Fsp3) is 0.385. The first-order valence-electron chi connectivity index (χ1n) is 6.14. The molecule has 1 aromatic carbocycles. The molecular formula is C13H16N2O4. The maximum absolute atomic E-state index is 12.0. The van der Waals surface area contributed by atoms with Crippen molar-refractivity contribution in [2.45, 2.75) is 12.8 Å². The van der Waals surface area contributed by atoms with Gasteiger partial charge < -0.3 is 20.4 Å². The molecule has 1 saturated heterocycles. The smallest absolute Gasteiger partial charge is 0.321 e. The van der Waals surface area contributed by atoms with Crippen molar-refractivity contribution >= 4 is 17.7 Å². The number of anilines is 1. The monoisotopic (exact) mass is 264 g/mol. The molecule has 1 aliphatic rings. The van der Waals surface area contributed by atoms with Crippen LogP contribution in [0.3, 0.4) is 0 Å². The summed E-state index contributed by atoms with van der Waals surface area (Å²) in [7, 11) is 0. The first kappa shape index (κ1) is 13.2. The summed E-state index contributed by atoms with van der Waals surface area (Å²) in [4.78, 5) is 24.3. The molecule has 6 heteroatoms. The second-order valence-corrected chi connectivity index (χ2v) is 4.55. The lowest BCUT2D eigenvalue weighted by Gasteiger charge is -2.30. The number of hydrogen-bond acceptors (Lipinski definition) is 3. The third-order valence-corrected chi connectivity index (χ3v) is 3.28. The van der Waals surface area contributed by atoms with Crippen LogP contribution in [-0.2, 0) is 4.79 Å². The third kappa shape index (κ3) is 3.15. The summed E-state index contributed by atoms with van der Waals surface area (Å²) in [6.07, 6.45) is 0.924. The van der Waals surface area contributed by atoms with Crippen LogP contribution >= 0.6 is 0 Å². The van der Waals surface area contributed by atoms with Crippen molar-refractivity contribution in [3.05, 3.63) is 24.3 Å². The number of benzene rings is 1. The molecule has 19 heavy (non-hydrogen) atoms. The van der Waals surface area contributed by atoms with Crippen LogP contribution in [0.2, 0.25) is 0 Å². The normalized spacial score (nSPS) is 16.1. The topological polar surface area (TPSA) is 89.9 Å². The van der Waals surface area contributed by atoms with Gasteiger partial charge in [0.2, 0.25) is 0 Å². The Morgan fingerprint density at radius 1 is 1.21 bits per heavy atom. The van der Waals surface area contributed by atoms with Gasteiger partial charge in [-0.3, -0.25) is 4.79 Å². The zero-order valence-corrected chi connectivity index (χ0v) is 10.4. The second-order valence-electron chi connectivity index (χ2n) is 4.55. The van der Waals surface area contributed by atoms with Crippen molar-refractivity contribution in [2.24, 2.45) is 5.92 Å². The van der Waals surface area contributed by atoms with Crippen LogP contribution in [0.1, 0.15) is 12.8 Å². The van der Waals surface area contributed by atoms with E-state index in [0.717, 1.165) is 0 Å². The van der Waals surface area contributed by atoms with Crippen LogP contribution in [-0.4, -0.2) is 40.2 Å². The molecule has 0 atom stereocenters. The molecule has 0 spiro atoms. The third-order valence-electron chi connectivity index (χ3n) is 3.28. The highest BCUT2D eigenvalue weighted by molar-refractivity contribution is 5.91. The zero-order chi connectivity index (χ0) is 13.8. The van der Waals surface area contributed by atoms with E-state index in [1.54, 1.807) is 23.1 Å². The fourth-order valence-electron chi connectivity index (χ4n) is 2.10. The highest BCUT2D eigenvalue weighted by Crippen LogP contribution is 2.23. The quantitative estimate of drug-likeness (QED) is 0.709. The molecule has 1 aromatic rings. The number of carboxylic acid groups (broad SMARTS) is 1.